The van der Waals surface area contributed by atoms with Crippen LogP contribution in [0.3, 0.4) is 0 Å². The molecule has 1 heterocycles. The molecule has 87 heavy (non-hydrogen) atoms. The molecule has 5 N–H and O–H groups in total. The van der Waals surface area contributed by atoms with Gasteiger partial charge in [-0.15, -0.1) is 0 Å². The Kier molecular flexibility index (Phi) is 28.2. The molecule has 3 rings (SSSR count). The van der Waals surface area contributed by atoms with E-state index >= 15 is 0 Å². The third-order valence-corrected chi connectivity index (χ3v) is 16.3. The minimum absolute atomic E-state index is 0.0231. The maximum absolute atomic E-state index is 14.8. The molecule has 1 aliphatic rings. The van der Waals surface area contributed by atoms with E-state index in [1.54, 1.807) is 93.4 Å². The third kappa shape index (κ3) is 19.9. The summed E-state index contributed by atoms with van der Waals surface area (Å²) >= 11 is 0. The summed E-state index contributed by atoms with van der Waals surface area (Å²) in [6.07, 6.45) is -0.628. The summed E-state index contributed by atoms with van der Waals surface area (Å²) in [5.41, 5.74) is 1.35. The van der Waals surface area contributed by atoms with Crippen LogP contribution in [0, 0.1) is 17.8 Å². The van der Waals surface area contributed by atoms with Gasteiger partial charge < -0.3 is 55.8 Å². The summed E-state index contributed by atoms with van der Waals surface area (Å²) < 4.78 is 0. The summed E-state index contributed by atoms with van der Waals surface area (Å²) in [5, 5.41) is 21.4. The SMILES string of the molecule is CCC[C@@H]1CN(C)C(=O)[C@H](C(C)C)N(C)C(=O)[C@H](Cc2ccccc2)NC(=O)[C@H](C)N(C)C(=O)C([C@@H](C)O)NC(=O)[C@H](C)CN(C)CC(=O)[C@H](Cc2ccccc2)N(C)C(=O)N(C)C(=O)[C@H](C)NC(=O)[C@H](C)NC(=O)[C@H](C)N(C)C(=O)[C@H](C)N(C)C1=O. The van der Waals surface area contributed by atoms with Crippen LogP contribution < -0.4 is 21.3 Å². The molecule has 0 aliphatic carbocycles. The number of likely N-dealkylation sites (N-methyl/N-ethyl adjacent to an activating group) is 8. The molecule has 1 aliphatic heterocycles. The van der Waals surface area contributed by atoms with Crippen molar-refractivity contribution < 1.29 is 62.6 Å². The molecule has 0 radical (unpaired) electrons. The second kappa shape index (κ2) is 33.4. The summed E-state index contributed by atoms with van der Waals surface area (Å²) in [4.78, 5) is 179. The predicted molar refractivity (Wildman–Crippen MR) is 327 cm³/mol. The summed E-state index contributed by atoms with van der Waals surface area (Å²) in [5.74, 6) is -9.57. The average Bonchev–Trinajstić information content (AvgIpc) is 2.12. The highest BCUT2D eigenvalue weighted by Crippen LogP contribution is 2.21. The van der Waals surface area contributed by atoms with E-state index < -0.39 is 149 Å². The second-order valence-electron chi connectivity index (χ2n) is 23.7. The van der Waals surface area contributed by atoms with Crippen LogP contribution in [0.2, 0.25) is 0 Å². The van der Waals surface area contributed by atoms with Crippen LogP contribution in [0.25, 0.3) is 0 Å². The van der Waals surface area contributed by atoms with Gasteiger partial charge in [0, 0.05) is 81.2 Å². The van der Waals surface area contributed by atoms with E-state index in [-0.39, 0.29) is 32.5 Å². The van der Waals surface area contributed by atoms with Crippen LogP contribution in [-0.2, 0) is 65.6 Å². The van der Waals surface area contributed by atoms with Crippen LogP contribution in [0.1, 0.15) is 93.2 Å². The largest absolute Gasteiger partial charge is 0.391 e. The highest BCUT2D eigenvalue weighted by Gasteiger charge is 2.41. The number of Topliss-reactive ketones (excluding diaryl/α,β-unsaturated/α-hetero) is 1. The van der Waals surface area contributed by atoms with Crippen LogP contribution >= 0.6 is 0 Å². The van der Waals surface area contributed by atoms with E-state index in [0.29, 0.717) is 24.0 Å². The number of imide groups is 1. The Labute approximate surface area is 513 Å². The minimum Gasteiger partial charge on any atom is -0.391 e. The number of rotatable bonds is 8. The molecule has 2 aromatic rings. The molecule has 12 atom stereocenters. The molecule has 482 valence electrons. The number of aliphatic hydroxyl groups excluding tert-OH is 1. The van der Waals surface area contributed by atoms with E-state index in [1.165, 1.54) is 106 Å². The molecular weight excluding hydrogens is 1120 g/mol. The number of urea groups is 1. The number of carbonyl (C=O) groups is 12. The Balaban J connectivity index is 2.10. The smallest absolute Gasteiger partial charge is 0.326 e. The molecule has 0 saturated carbocycles. The van der Waals surface area contributed by atoms with Crippen LogP contribution in [0.4, 0.5) is 4.79 Å². The third-order valence-electron chi connectivity index (χ3n) is 16.3. The van der Waals surface area contributed by atoms with Crippen molar-refractivity contribution in [1.29, 1.82) is 0 Å². The van der Waals surface area contributed by atoms with Gasteiger partial charge in [-0.3, -0.25) is 62.5 Å². The lowest BCUT2D eigenvalue weighted by molar-refractivity contribution is -0.151. The van der Waals surface area contributed by atoms with Gasteiger partial charge in [0.1, 0.15) is 48.3 Å². The molecule has 1 unspecified atom stereocenters. The summed E-state index contributed by atoms with van der Waals surface area (Å²) in [7, 11) is 11.2. The Hall–Kier alpha value is -7.80. The van der Waals surface area contributed by atoms with Crippen LogP contribution in [0.15, 0.2) is 60.7 Å². The number of aliphatic hydroxyl groups is 1. The first-order chi connectivity index (χ1) is 40.6. The van der Waals surface area contributed by atoms with Gasteiger partial charge in [0.2, 0.25) is 53.2 Å². The molecule has 0 spiro atoms. The number of amides is 12. The van der Waals surface area contributed by atoms with E-state index in [4.69, 9.17) is 0 Å². The molecule has 2 aromatic carbocycles. The quantitative estimate of drug-likeness (QED) is 0.244. The van der Waals surface area contributed by atoms with Gasteiger partial charge in [-0.1, -0.05) is 94.8 Å². The first-order valence-corrected chi connectivity index (χ1v) is 29.6. The first-order valence-electron chi connectivity index (χ1n) is 29.6. The Morgan fingerprint density at radius 2 is 1.00 bits per heavy atom. The fourth-order valence-electron chi connectivity index (χ4n) is 10.3. The molecule has 0 bridgehead atoms. The van der Waals surface area contributed by atoms with Crippen molar-refractivity contribution in [2.75, 3.05) is 76.0 Å². The normalized spacial score (nSPS) is 27.4. The van der Waals surface area contributed by atoms with Gasteiger partial charge in [0.25, 0.3) is 5.91 Å². The van der Waals surface area contributed by atoms with Gasteiger partial charge >= 0.3 is 6.03 Å². The predicted octanol–water partition coefficient (Wildman–Crippen LogP) is 0.759. The zero-order valence-electron chi connectivity index (χ0n) is 54.2. The number of nitrogens with zero attached hydrogens (tertiary/aromatic N) is 8. The number of hydrogen-bond acceptors (Lipinski definition) is 14. The van der Waals surface area contributed by atoms with E-state index in [2.05, 4.69) is 21.3 Å². The lowest BCUT2D eigenvalue weighted by atomic mass is 9.96. The number of benzene rings is 2. The van der Waals surface area contributed by atoms with Crippen molar-refractivity contribution in [2.45, 2.75) is 155 Å². The van der Waals surface area contributed by atoms with Gasteiger partial charge in [0.05, 0.1) is 24.6 Å². The van der Waals surface area contributed by atoms with Crippen molar-refractivity contribution in [1.82, 2.24) is 60.5 Å². The van der Waals surface area contributed by atoms with E-state index in [0.717, 1.165) is 19.6 Å². The van der Waals surface area contributed by atoms with Gasteiger partial charge in [-0.05, 0) is 72.1 Å². The summed E-state index contributed by atoms with van der Waals surface area (Å²) in [6, 6.07) is 5.58. The van der Waals surface area contributed by atoms with Crippen molar-refractivity contribution in [3.05, 3.63) is 71.8 Å². The molecular formula is C62H96N12O13. The van der Waals surface area contributed by atoms with Crippen molar-refractivity contribution in [2.24, 2.45) is 17.8 Å². The Bertz CT molecular complexity index is 2750. The topological polar surface area (TPSA) is 299 Å². The fourth-order valence-corrected chi connectivity index (χ4v) is 10.3. The fraction of sp³-hybridized carbons (Fsp3) is 0.613. The maximum atomic E-state index is 14.8. The second-order valence-corrected chi connectivity index (χ2v) is 23.7. The van der Waals surface area contributed by atoms with Gasteiger partial charge in [-0.2, -0.15) is 0 Å². The minimum atomic E-state index is -1.56. The average molecular weight is 1220 g/mol. The lowest BCUT2D eigenvalue weighted by Gasteiger charge is -2.37. The van der Waals surface area contributed by atoms with Gasteiger partial charge in [0.15, 0.2) is 5.78 Å². The number of hydrogen-bond donors (Lipinski definition) is 5. The molecule has 25 heteroatoms. The standard InChI is InChI=1S/C62H96N12O13/c1-19-26-46-34-68(12)61(86)51(36(2)3)73(17)59(84)47(31-44-27-22-20-23-28-44)65-55(80)41(8)70(14)60(85)50(43(10)75)66-52(77)37(4)33-67(11)35-49(76)48(32-45-29-24-21-25-30-45)72(16)62(87)74(18)56(81)39(6)64-53(78)38(5)63-54(79)40(7)69(13)57(82)42(9)71(15)58(46)83/h20-25,27-30,36-43,46-48,50-51,75H,19,26,31-35H2,1-18H3,(H,63,79)(H,64,78)(H,65,80)(H,66,77)/t37-,38+,39+,40+,41+,42+,43-,46-,47+,48+,50?,51+/m1/s1. The molecule has 1 saturated heterocycles. The first kappa shape index (κ1) is 73.5. The number of ketones is 1. The highest BCUT2D eigenvalue weighted by molar-refractivity contribution is 6.01. The molecule has 0 aromatic heterocycles. The van der Waals surface area contributed by atoms with Crippen LogP contribution in [0.5, 0.6) is 0 Å². The van der Waals surface area contributed by atoms with Crippen molar-refractivity contribution in [3.63, 3.8) is 0 Å². The molecule has 12 amide bonds. The zero-order chi connectivity index (χ0) is 66.1. The number of carbonyl (C=O) groups excluding carboxylic acids is 12. The maximum Gasteiger partial charge on any atom is 0.326 e. The Morgan fingerprint density at radius 3 is 1.52 bits per heavy atom. The lowest BCUT2D eigenvalue weighted by Crippen LogP contribution is -2.60. The molecule has 25 nitrogen and oxygen atoms in total. The highest BCUT2D eigenvalue weighted by atomic mass is 16.3. The summed E-state index contributed by atoms with van der Waals surface area (Å²) in [6.45, 7) is 14.8. The Morgan fingerprint density at radius 1 is 0.506 bits per heavy atom. The monoisotopic (exact) mass is 1220 g/mol. The van der Waals surface area contributed by atoms with Gasteiger partial charge in [-0.25, -0.2) is 4.79 Å². The van der Waals surface area contributed by atoms with E-state index in [1.807, 2.05) is 6.92 Å². The van der Waals surface area contributed by atoms with Crippen molar-refractivity contribution in [3.8, 4) is 0 Å². The molecule has 1 fully saturated rings. The van der Waals surface area contributed by atoms with E-state index in [9.17, 15) is 62.6 Å². The zero-order valence-corrected chi connectivity index (χ0v) is 54.2. The van der Waals surface area contributed by atoms with Crippen LogP contribution in [-0.4, -0.2) is 252 Å². The van der Waals surface area contributed by atoms with Crippen molar-refractivity contribution >= 4 is 70.9 Å². The number of nitrogens with one attached hydrogen (secondary N) is 4.